The highest BCUT2D eigenvalue weighted by Gasteiger charge is 2.30. The van der Waals surface area contributed by atoms with Crippen LogP contribution in [0.1, 0.15) is 37.7 Å². The number of amides is 3. The Hall–Kier alpha value is -2.28. The first-order valence-corrected chi connectivity index (χ1v) is 15.1. The van der Waals surface area contributed by atoms with Crippen LogP contribution in [-0.4, -0.2) is 83.5 Å². The van der Waals surface area contributed by atoms with Crippen LogP contribution >= 0.6 is 23.5 Å². The molecule has 4 atom stereocenters. The van der Waals surface area contributed by atoms with Crippen LogP contribution in [0.5, 0.6) is 0 Å². The van der Waals surface area contributed by atoms with Crippen LogP contribution in [0.2, 0.25) is 0 Å². The number of rotatable bonds is 19. The van der Waals surface area contributed by atoms with Gasteiger partial charge in [0, 0.05) is 6.42 Å². The molecule has 1 aromatic rings. The van der Waals surface area contributed by atoms with E-state index in [2.05, 4.69) is 16.0 Å². The molecule has 12 heteroatoms. The van der Waals surface area contributed by atoms with Gasteiger partial charge < -0.3 is 32.5 Å². The lowest BCUT2D eigenvalue weighted by molar-refractivity contribution is -0.142. The second kappa shape index (κ2) is 18.9. The lowest BCUT2D eigenvalue weighted by atomic mass is 10.0. The lowest BCUT2D eigenvalue weighted by Gasteiger charge is -2.25. The number of aliphatic carboxylic acids is 1. The van der Waals surface area contributed by atoms with Gasteiger partial charge in [-0.15, -0.1) is 0 Å². The maximum Gasteiger partial charge on any atom is 0.326 e. The standard InChI is InChI=1S/C25H41N5O5S2/c1-36-14-11-18(27)22(31)28-19(10-6-7-13-26)23(32)30-21(16-17-8-4-3-5-9-17)24(33)29-20(25(34)35)12-15-37-2/h3-5,8-9,18-21H,6-7,10-16,26-27H2,1-2H3,(H,28,31)(H,29,33)(H,30,32)(H,34,35). The van der Waals surface area contributed by atoms with Crippen LogP contribution in [0, 0.1) is 0 Å². The molecule has 10 nitrogen and oxygen atoms in total. The molecule has 0 radical (unpaired) electrons. The number of nitrogens with one attached hydrogen (secondary N) is 3. The van der Waals surface area contributed by atoms with Gasteiger partial charge >= 0.3 is 5.97 Å². The molecule has 0 heterocycles. The number of hydrogen-bond acceptors (Lipinski definition) is 8. The van der Waals surface area contributed by atoms with Crippen molar-refractivity contribution in [1.82, 2.24) is 16.0 Å². The number of unbranched alkanes of at least 4 members (excludes halogenated alkanes) is 1. The molecule has 208 valence electrons. The van der Waals surface area contributed by atoms with Gasteiger partial charge in [-0.05, 0) is 68.2 Å². The van der Waals surface area contributed by atoms with E-state index in [9.17, 15) is 24.3 Å². The third kappa shape index (κ3) is 13.2. The van der Waals surface area contributed by atoms with Crippen LogP contribution in [0.4, 0.5) is 0 Å². The first-order valence-electron chi connectivity index (χ1n) is 12.3. The molecule has 0 fully saturated rings. The van der Waals surface area contributed by atoms with Crippen molar-refractivity contribution in [3.8, 4) is 0 Å². The molecule has 0 bridgehead atoms. The Balaban J connectivity index is 3.07. The van der Waals surface area contributed by atoms with Crippen LogP contribution < -0.4 is 27.4 Å². The summed E-state index contributed by atoms with van der Waals surface area (Å²) >= 11 is 3.05. The zero-order valence-corrected chi connectivity index (χ0v) is 23.2. The highest BCUT2D eigenvalue weighted by atomic mass is 32.2. The lowest BCUT2D eigenvalue weighted by Crippen LogP contribution is -2.57. The first kappa shape index (κ1) is 32.7. The molecule has 8 N–H and O–H groups in total. The Kier molecular flexibility index (Phi) is 16.7. The molecular formula is C25H41N5O5S2. The molecule has 37 heavy (non-hydrogen) atoms. The molecule has 0 saturated carbocycles. The molecule has 0 aliphatic rings. The smallest absolute Gasteiger partial charge is 0.326 e. The molecule has 3 amide bonds. The van der Waals surface area contributed by atoms with E-state index in [0.717, 1.165) is 5.56 Å². The summed E-state index contributed by atoms with van der Waals surface area (Å²) in [5.41, 5.74) is 12.4. The summed E-state index contributed by atoms with van der Waals surface area (Å²) in [6.45, 7) is 0.446. The van der Waals surface area contributed by atoms with Crippen molar-refractivity contribution in [1.29, 1.82) is 0 Å². The number of benzene rings is 1. The normalized spacial score (nSPS) is 14.2. The predicted molar refractivity (Wildman–Crippen MR) is 150 cm³/mol. The molecule has 4 unspecified atom stereocenters. The summed E-state index contributed by atoms with van der Waals surface area (Å²) in [6.07, 6.45) is 6.24. The largest absolute Gasteiger partial charge is 0.480 e. The summed E-state index contributed by atoms with van der Waals surface area (Å²) in [5, 5.41) is 17.6. The second-order valence-corrected chi connectivity index (χ2v) is 10.6. The minimum atomic E-state index is -1.14. The number of carbonyl (C=O) groups excluding carboxylic acids is 3. The third-order valence-corrected chi connectivity index (χ3v) is 6.98. The van der Waals surface area contributed by atoms with Crippen molar-refractivity contribution in [3.63, 3.8) is 0 Å². The quantitative estimate of drug-likeness (QED) is 0.134. The van der Waals surface area contributed by atoms with Crippen LogP contribution in [0.25, 0.3) is 0 Å². The maximum absolute atomic E-state index is 13.3. The fourth-order valence-electron chi connectivity index (χ4n) is 3.51. The van der Waals surface area contributed by atoms with E-state index in [4.69, 9.17) is 11.5 Å². The third-order valence-electron chi connectivity index (χ3n) is 5.69. The monoisotopic (exact) mass is 555 g/mol. The minimum absolute atomic E-state index is 0.157. The number of thioether (sulfide) groups is 2. The summed E-state index contributed by atoms with van der Waals surface area (Å²) in [5.74, 6) is -1.45. The summed E-state index contributed by atoms with van der Waals surface area (Å²) < 4.78 is 0. The number of carboxylic acids is 1. The molecule has 0 saturated heterocycles. The number of carbonyl (C=O) groups is 4. The van der Waals surface area contributed by atoms with E-state index in [1.807, 2.05) is 42.8 Å². The van der Waals surface area contributed by atoms with Gasteiger partial charge in [0.25, 0.3) is 0 Å². The fraction of sp³-hybridized carbons (Fsp3) is 0.600. The van der Waals surface area contributed by atoms with Crippen LogP contribution in [0.3, 0.4) is 0 Å². The summed E-state index contributed by atoms with van der Waals surface area (Å²) in [4.78, 5) is 50.8. The van der Waals surface area contributed by atoms with Crippen molar-refractivity contribution in [2.75, 3.05) is 30.6 Å². The molecule has 0 aliphatic carbocycles. The SMILES string of the molecule is CSCCC(N)C(=O)NC(CCCCN)C(=O)NC(Cc1ccccc1)C(=O)NC(CCSC)C(=O)O. The number of carboxylic acid groups (broad SMARTS) is 1. The average molecular weight is 556 g/mol. The highest BCUT2D eigenvalue weighted by Crippen LogP contribution is 2.09. The van der Waals surface area contributed by atoms with E-state index in [0.29, 0.717) is 43.7 Å². The molecule has 1 aromatic carbocycles. The molecular weight excluding hydrogens is 514 g/mol. The second-order valence-electron chi connectivity index (χ2n) is 8.67. The van der Waals surface area contributed by atoms with Gasteiger partial charge in [-0.3, -0.25) is 14.4 Å². The van der Waals surface area contributed by atoms with E-state index in [1.165, 1.54) is 11.8 Å². The van der Waals surface area contributed by atoms with Gasteiger partial charge in [-0.2, -0.15) is 23.5 Å². The van der Waals surface area contributed by atoms with Crippen LogP contribution in [0.15, 0.2) is 30.3 Å². The van der Waals surface area contributed by atoms with Crippen molar-refractivity contribution in [3.05, 3.63) is 35.9 Å². The van der Waals surface area contributed by atoms with Gasteiger partial charge in [-0.25, -0.2) is 4.79 Å². The zero-order valence-electron chi connectivity index (χ0n) is 21.6. The molecule has 0 aliphatic heterocycles. The highest BCUT2D eigenvalue weighted by molar-refractivity contribution is 7.98. The van der Waals surface area contributed by atoms with Gasteiger partial charge in [0.2, 0.25) is 17.7 Å². The minimum Gasteiger partial charge on any atom is -0.480 e. The molecule has 1 rings (SSSR count). The Morgan fingerprint density at radius 2 is 1.38 bits per heavy atom. The van der Waals surface area contributed by atoms with E-state index in [-0.39, 0.29) is 12.8 Å². The van der Waals surface area contributed by atoms with Gasteiger partial charge in [0.1, 0.15) is 18.1 Å². The van der Waals surface area contributed by atoms with E-state index >= 15 is 0 Å². The summed E-state index contributed by atoms with van der Waals surface area (Å²) in [7, 11) is 0. The Morgan fingerprint density at radius 3 is 1.97 bits per heavy atom. The van der Waals surface area contributed by atoms with Gasteiger partial charge in [-0.1, -0.05) is 30.3 Å². The topological polar surface area (TPSA) is 177 Å². The molecule has 0 spiro atoms. The fourth-order valence-corrected chi connectivity index (χ4v) is 4.47. The number of hydrogen-bond donors (Lipinski definition) is 6. The average Bonchev–Trinajstić information content (AvgIpc) is 2.88. The Morgan fingerprint density at radius 1 is 0.811 bits per heavy atom. The van der Waals surface area contributed by atoms with E-state index < -0.39 is 47.9 Å². The Labute approximate surface area is 227 Å². The van der Waals surface area contributed by atoms with E-state index in [1.54, 1.807) is 11.8 Å². The maximum atomic E-state index is 13.3. The Bertz CT molecular complexity index is 846. The van der Waals surface area contributed by atoms with Crippen molar-refractivity contribution in [2.24, 2.45) is 11.5 Å². The summed E-state index contributed by atoms with van der Waals surface area (Å²) in [6, 6.07) is 5.33. The zero-order chi connectivity index (χ0) is 27.6. The van der Waals surface area contributed by atoms with Crippen molar-refractivity contribution >= 4 is 47.2 Å². The first-order chi connectivity index (χ1) is 17.7. The van der Waals surface area contributed by atoms with Crippen molar-refractivity contribution in [2.45, 2.75) is 62.7 Å². The number of nitrogens with two attached hydrogens (primary N) is 2. The van der Waals surface area contributed by atoms with Crippen molar-refractivity contribution < 1.29 is 24.3 Å². The predicted octanol–water partition coefficient (Wildman–Crippen LogP) is 0.731. The molecule has 0 aromatic heterocycles. The van der Waals surface area contributed by atoms with Gasteiger partial charge in [0.15, 0.2) is 0 Å². The van der Waals surface area contributed by atoms with Crippen LogP contribution in [-0.2, 0) is 25.6 Å². The van der Waals surface area contributed by atoms with Gasteiger partial charge in [0.05, 0.1) is 6.04 Å².